The van der Waals surface area contributed by atoms with Crippen LogP contribution >= 0.6 is 0 Å². The second-order valence-electron chi connectivity index (χ2n) is 11.0. The van der Waals surface area contributed by atoms with E-state index < -0.39 is 0 Å². The molecule has 3 aromatic heterocycles. The van der Waals surface area contributed by atoms with Gasteiger partial charge in [0.25, 0.3) is 0 Å². The Morgan fingerprint density at radius 3 is 2.51 bits per heavy atom. The summed E-state index contributed by atoms with van der Waals surface area (Å²) >= 11 is 0. The minimum atomic E-state index is -0.150. The topological polar surface area (TPSA) is 43.2 Å². The van der Waals surface area contributed by atoms with Crippen LogP contribution in [-0.2, 0) is 0 Å². The summed E-state index contributed by atoms with van der Waals surface area (Å²) < 4.78 is 8.86. The van der Waals surface area contributed by atoms with Crippen molar-refractivity contribution >= 4 is 49.9 Å². The smallest absolute Gasteiger partial charge is 0.145 e. The van der Waals surface area contributed by atoms with E-state index in [0.29, 0.717) is 0 Å². The van der Waals surface area contributed by atoms with Crippen LogP contribution in [0.5, 0.6) is 5.75 Å². The minimum Gasteiger partial charge on any atom is -0.482 e. The molecule has 1 aliphatic carbocycles. The number of rotatable bonds is 3. The fourth-order valence-corrected chi connectivity index (χ4v) is 6.70. The number of para-hydroxylation sites is 4. The third-order valence-corrected chi connectivity index (χ3v) is 8.58. The van der Waals surface area contributed by atoms with Gasteiger partial charge in [0.15, 0.2) is 0 Å². The number of pyridine rings is 2. The number of fused-ring (bicyclic) bond motifs is 6. The quantitative estimate of drug-likeness (QED) is 0.219. The molecule has 1 aliphatic heterocycles. The van der Waals surface area contributed by atoms with Crippen LogP contribution in [0.4, 0.5) is 11.4 Å². The zero-order chi connectivity index (χ0) is 28.3. The third kappa shape index (κ3) is 3.71. The van der Waals surface area contributed by atoms with Crippen LogP contribution in [0.1, 0.15) is 0 Å². The number of benzene rings is 4. The second kappa shape index (κ2) is 9.43. The third-order valence-electron chi connectivity index (χ3n) is 8.58. The van der Waals surface area contributed by atoms with E-state index in [0.717, 1.165) is 61.4 Å². The fraction of sp³-hybridized carbons (Fsp3) is 0.0526. The normalized spacial score (nSPS) is 17.5. The van der Waals surface area contributed by atoms with E-state index in [2.05, 4.69) is 125 Å². The molecule has 0 saturated heterocycles. The Morgan fingerprint density at radius 2 is 1.51 bits per heavy atom. The van der Waals surface area contributed by atoms with Gasteiger partial charge in [0, 0.05) is 45.5 Å². The van der Waals surface area contributed by atoms with Gasteiger partial charge in [0.1, 0.15) is 17.5 Å². The molecule has 0 fully saturated rings. The molecule has 5 nitrogen and oxygen atoms in total. The number of allylic oxidation sites excluding steroid dienone is 2. The molecule has 4 aromatic carbocycles. The van der Waals surface area contributed by atoms with Crippen LogP contribution < -0.4 is 9.64 Å². The summed E-state index contributed by atoms with van der Waals surface area (Å²) in [6, 6.07) is 40.2. The zero-order valence-corrected chi connectivity index (χ0v) is 23.2. The largest absolute Gasteiger partial charge is 0.482 e. The molecule has 0 N–H and O–H groups in total. The molecule has 204 valence electrons. The Bertz CT molecular complexity index is 2200. The average molecular weight is 555 g/mol. The second-order valence-corrected chi connectivity index (χ2v) is 11.0. The van der Waals surface area contributed by atoms with Gasteiger partial charge in [-0.05, 0) is 72.3 Å². The predicted octanol–water partition coefficient (Wildman–Crippen LogP) is 8.78. The lowest BCUT2D eigenvalue weighted by Gasteiger charge is -2.43. The van der Waals surface area contributed by atoms with Crippen LogP contribution in [0.3, 0.4) is 0 Å². The molecule has 0 spiro atoms. The van der Waals surface area contributed by atoms with Crippen molar-refractivity contribution in [2.75, 3.05) is 4.90 Å². The highest BCUT2D eigenvalue weighted by atomic mass is 16.5. The SMILES string of the molecule is C1=CC2Oc3ccccc3N(c3cccc(-c4cccc5cccnc45)c3)C2C=C1n1c2ccccc2c2cccnc21. The van der Waals surface area contributed by atoms with Crippen LogP contribution in [-0.4, -0.2) is 26.7 Å². The fourth-order valence-electron chi connectivity index (χ4n) is 6.70. The maximum atomic E-state index is 6.59. The van der Waals surface area contributed by atoms with Gasteiger partial charge < -0.3 is 9.64 Å². The van der Waals surface area contributed by atoms with E-state index in [1.54, 1.807) is 0 Å². The lowest BCUT2D eigenvalue weighted by atomic mass is 9.96. The lowest BCUT2D eigenvalue weighted by molar-refractivity contribution is 0.218. The van der Waals surface area contributed by atoms with Crippen molar-refractivity contribution in [2.45, 2.75) is 12.1 Å². The first-order valence-electron chi connectivity index (χ1n) is 14.6. The zero-order valence-electron chi connectivity index (χ0n) is 23.2. The van der Waals surface area contributed by atoms with Gasteiger partial charge in [-0.3, -0.25) is 9.55 Å². The van der Waals surface area contributed by atoms with Crippen molar-refractivity contribution in [3.8, 4) is 16.9 Å². The monoisotopic (exact) mass is 554 g/mol. The number of anilines is 2. The average Bonchev–Trinajstić information content (AvgIpc) is 3.41. The van der Waals surface area contributed by atoms with Crippen molar-refractivity contribution in [3.63, 3.8) is 0 Å². The van der Waals surface area contributed by atoms with Crippen LogP contribution in [0.2, 0.25) is 0 Å². The highest BCUT2D eigenvalue weighted by Gasteiger charge is 2.36. The number of nitrogens with zero attached hydrogens (tertiary/aromatic N) is 4. The van der Waals surface area contributed by atoms with E-state index >= 15 is 0 Å². The summed E-state index contributed by atoms with van der Waals surface area (Å²) in [5.74, 6) is 0.876. The molecule has 0 radical (unpaired) electrons. The van der Waals surface area contributed by atoms with Gasteiger partial charge >= 0.3 is 0 Å². The number of ether oxygens (including phenoxy) is 1. The Morgan fingerprint density at radius 1 is 0.698 bits per heavy atom. The molecular weight excluding hydrogens is 528 g/mol. The van der Waals surface area contributed by atoms with Crippen molar-refractivity contribution < 1.29 is 4.74 Å². The van der Waals surface area contributed by atoms with E-state index in [4.69, 9.17) is 14.7 Å². The van der Waals surface area contributed by atoms with Gasteiger partial charge in [-0.2, -0.15) is 0 Å². The van der Waals surface area contributed by atoms with Crippen molar-refractivity contribution in [3.05, 3.63) is 146 Å². The van der Waals surface area contributed by atoms with Crippen LogP contribution in [0.25, 0.3) is 49.7 Å². The number of hydrogen-bond acceptors (Lipinski definition) is 4. The molecule has 2 unspecified atom stereocenters. The Kier molecular flexibility index (Phi) is 5.26. The first kappa shape index (κ1) is 24.0. The summed E-state index contributed by atoms with van der Waals surface area (Å²) in [7, 11) is 0. The van der Waals surface area contributed by atoms with Crippen molar-refractivity contribution in [2.24, 2.45) is 0 Å². The van der Waals surface area contributed by atoms with Gasteiger partial charge in [0.2, 0.25) is 0 Å². The van der Waals surface area contributed by atoms with E-state index in [1.165, 1.54) is 5.39 Å². The molecule has 7 aromatic rings. The Labute approximate surface area is 248 Å². The van der Waals surface area contributed by atoms with Crippen molar-refractivity contribution in [1.29, 1.82) is 0 Å². The molecule has 0 saturated carbocycles. The first-order valence-corrected chi connectivity index (χ1v) is 14.6. The van der Waals surface area contributed by atoms with E-state index in [-0.39, 0.29) is 12.1 Å². The van der Waals surface area contributed by atoms with Gasteiger partial charge in [0.05, 0.1) is 22.8 Å². The summed E-state index contributed by atoms with van der Waals surface area (Å²) in [5, 5.41) is 3.47. The molecule has 0 bridgehead atoms. The van der Waals surface area contributed by atoms with Crippen LogP contribution in [0, 0.1) is 0 Å². The molecular formula is C38H26N4O. The maximum Gasteiger partial charge on any atom is 0.145 e. The first-order chi connectivity index (χ1) is 21.3. The lowest BCUT2D eigenvalue weighted by Crippen LogP contribution is -2.46. The summed E-state index contributed by atoms with van der Waals surface area (Å²) in [6.07, 6.45) is 10.3. The van der Waals surface area contributed by atoms with Crippen molar-refractivity contribution in [1.82, 2.24) is 14.5 Å². The molecule has 5 heteroatoms. The molecule has 4 heterocycles. The summed E-state index contributed by atoms with van der Waals surface area (Å²) in [6.45, 7) is 0. The number of aromatic nitrogens is 3. The maximum absolute atomic E-state index is 6.59. The molecule has 9 rings (SSSR count). The molecule has 43 heavy (non-hydrogen) atoms. The highest BCUT2D eigenvalue weighted by molar-refractivity contribution is 6.09. The molecule has 2 aliphatic rings. The minimum absolute atomic E-state index is 0.0734. The van der Waals surface area contributed by atoms with Gasteiger partial charge in [-0.15, -0.1) is 0 Å². The standard InChI is InChI=1S/C38H26N4O/c1-2-16-32-30(13-1)31-15-8-22-40-38(31)42(32)28-19-20-36-34(24-28)41(33-17-3-4-18-35(33)43-36)27-12-5-10-26(23-27)29-14-6-9-25-11-7-21-39-37(25)29/h1-24,34,36H. The highest BCUT2D eigenvalue weighted by Crippen LogP contribution is 2.45. The van der Waals surface area contributed by atoms with Gasteiger partial charge in [-0.25, -0.2) is 4.98 Å². The van der Waals surface area contributed by atoms with Crippen LogP contribution in [0.15, 0.2) is 146 Å². The van der Waals surface area contributed by atoms with E-state index in [9.17, 15) is 0 Å². The summed E-state index contributed by atoms with van der Waals surface area (Å²) in [5.41, 5.74) is 8.56. The summed E-state index contributed by atoms with van der Waals surface area (Å²) in [4.78, 5) is 12.0. The predicted molar refractivity (Wildman–Crippen MR) is 175 cm³/mol. The van der Waals surface area contributed by atoms with E-state index in [1.807, 2.05) is 30.6 Å². The molecule has 2 atom stereocenters. The van der Waals surface area contributed by atoms with Gasteiger partial charge in [-0.1, -0.05) is 66.7 Å². The Balaban J connectivity index is 1.23. The Hall–Kier alpha value is -5.68. The molecule has 0 amide bonds. The number of hydrogen-bond donors (Lipinski definition) is 0.